The third-order valence-corrected chi connectivity index (χ3v) is 5.05. The fourth-order valence-electron chi connectivity index (χ4n) is 1.98. The van der Waals surface area contributed by atoms with E-state index in [1.165, 1.54) is 24.1 Å². The first-order valence-electron chi connectivity index (χ1n) is 5.26. The summed E-state index contributed by atoms with van der Waals surface area (Å²) in [7, 11) is 0. The van der Waals surface area contributed by atoms with Crippen LogP contribution in [0, 0.1) is 0 Å². The van der Waals surface area contributed by atoms with Crippen molar-refractivity contribution in [3.8, 4) is 0 Å². The number of thiazole rings is 1. The number of anilines is 1. The minimum Gasteiger partial charge on any atom is -0.357 e. The summed E-state index contributed by atoms with van der Waals surface area (Å²) >= 11 is 9.24. The predicted molar refractivity (Wildman–Crippen MR) is 70.8 cm³/mol. The van der Waals surface area contributed by atoms with Crippen molar-refractivity contribution in [1.29, 1.82) is 0 Å². The minimum absolute atomic E-state index is 0.571. The number of nitrogens with one attached hydrogen (secondary N) is 1. The zero-order chi connectivity index (χ0) is 11.0. The average Bonchev–Trinajstić information content (AvgIpc) is 2.89. The van der Waals surface area contributed by atoms with Gasteiger partial charge in [0, 0.05) is 15.1 Å². The van der Waals surface area contributed by atoms with Gasteiger partial charge in [0.05, 0.1) is 6.54 Å². The zero-order valence-electron chi connectivity index (χ0n) is 8.62. The van der Waals surface area contributed by atoms with Crippen molar-refractivity contribution in [1.82, 2.24) is 4.98 Å². The lowest BCUT2D eigenvalue weighted by Crippen LogP contribution is -1.96. The highest BCUT2D eigenvalue weighted by Gasteiger charge is 2.14. The summed E-state index contributed by atoms with van der Waals surface area (Å²) in [5, 5.41) is 6.62. The van der Waals surface area contributed by atoms with Gasteiger partial charge in [-0.2, -0.15) is 0 Å². The molecular formula is C11H11ClN2S2. The molecule has 0 aromatic carbocycles. The summed E-state index contributed by atoms with van der Waals surface area (Å²) in [6.45, 7) is 0.863. The van der Waals surface area contributed by atoms with Gasteiger partial charge in [-0.3, -0.25) is 0 Å². The first-order valence-corrected chi connectivity index (χ1v) is 7.34. The van der Waals surface area contributed by atoms with Crippen molar-refractivity contribution < 1.29 is 0 Å². The van der Waals surface area contributed by atoms with Crippen LogP contribution in [-0.4, -0.2) is 4.98 Å². The van der Waals surface area contributed by atoms with Crippen LogP contribution in [0.15, 0.2) is 11.4 Å². The topological polar surface area (TPSA) is 24.9 Å². The Kier molecular flexibility index (Phi) is 2.88. The number of aryl methyl sites for hydroxylation is 2. The lowest BCUT2D eigenvalue weighted by atomic mass is 10.2. The maximum absolute atomic E-state index is 5.76. The van der Waals surface area contributed by atoms with Crippen molar-refractivity contribution in [2.24, 2.45) is 0 Å². The van der Waals surface area contributed by atoms with Gasteiger partial charge in [0.25, 0.3) is 0 Å². The predicted octanol–water partition coefficient (Wildman–Crippen LogP) is 3.96. The Balaban J connectivity index is 1.66. The third-order valence-electron chi connectivity index (χ3n) is 2.69. The van der Waals surface area contributed by atoms with Crippen LogP contribution in [0.2, 0.25) is 5.15 Å². The van der Waals surface area contributed by atoms with Gasteiger partial charge in [-0.25, -0.2) is 4.98 Å². The number of thiophene rings is 1. The van der Waals surface area contributed by atoms with E-state index in [0.717, 1.165) is 11.7 Å². The Hall–Kier alpha value is -0.580. The van der Waals surface area contributed by atoms with Gasteiger partial charge in [-0.05, 0) is 30.9 Å². The molecule has 1 aliphatic rings. The molecule has 0 radical (unpaired) electrons. The van der Waals surface area contributed by atoms with E-state index in [2.05, 4.69) is 16.4 Å². The van der Waals surface area contributed by atoms with E-state index in [0.29, 0.717) is 5.15 Å². The number of hydrogen-bond acceptors (Lipinski definition) is 4. The molecule has 0 aliphatic heterocycles. The number of rotatable bonds is 3. The molecule has 2 nitrogen and oxygen atoms in total. The van der Waals surface area contributed by atoms with Gasteiger partial charge in [0.15, 0.2) is 5.13 Å². The van der Waals surface area contributed by atoms with Crippen LogP contribution in [-0.2, 0) is 19.4 Å². The molecule has 2 aromatic heterocycles. The molecule has 0 saturated carbocycles. The summed E-state index contributed by atoms with van der Waals surface area (Å²) in [4.78, 5) is 7.14. The molecular weight excluding hydrogens is 260 g/mol. The van der Waals surface area contributed by atoms with Crippen LogP contribution >= 0.6 is 34.3 Å². The standard InChI is InChI=1S/C11H11ClN2S2/c12-10-6-15-11(14-10)13-5-8-4-7-2-1-3-9(7)16-8/h4,6H,1-3,5H2,(H,13,14). The quantitative estimate of drug-likeness (QED) is 0.913. The van der Waals surface area contributed by atoms with Crippen LogP contribution < -0.4 is 5.32 Å². The average molecular weight is 271 g/mol. The monoisotopic (exact) mass is 270 g/mol. The molecule has 1 N–H and O–H groups in total. The zero-order valence-corrected chi connectivity index (χ0v) is 11.0. The summed E-state index contributed by atoms with van der Waals surface area (Å²) in [5.74, 6) is 0. The van der Waals surface area contributed by atoms with Crippen LogP contribution in [0.3, 0.4) is 0 Å². The molecule has 16 heavy (non-hydrogen) atoms. The van der Waals surface area contributed by atoms with Crippen molar-refractivity contribution in [3.63, 3.8) is 0 Å². The Labute approximate surface area is 107 Å². The lowest BCUT2D eigenvalue weighted by molar-refractivity contribution is 0.913. The highest BCUT2D eigenvalue weighted by molar-refractivity contribution is 7.14. The van der Waals surface area contributed by atoms with E-state index in [1.54, 1.807) is 21.8 Å². The van der Waals surface area contributed by atoms with E-state index in [9.17, 15) is 0 Å². The maximum atomic E-state index is 5.76. The van der Waals surface area contributed by atoms with E-state index in [1.807, 2.05) is 16.7 Å². The Morgan fingerprint density at radius 1 is 1.44 bits per heavy atom. The highest BCUT2D eigenvalue weighted by Crippen LogP contribution is 2.31. The third kappa shape index (κ3) is 2.10. The fourth-order valence-corrected chi connectivity index (χ4v) is 4.01. The maximum Gasteiger partial charge on any atom is 0.184 e. The summed E-state index contributed by atoms with van der Waals surface area (Å²) in [6.07, 6.45) is 3.86. The second kappa shape index (κ2) is 4.35. The van der Waals surface area contributed by atoms with E-state index < -0.39 is 0 Å². The normalized spacial score (nSPS) is 14.1. The van der Waals surface area contributed by atoms with E-state index >= 15 is 0 Å². The first-order chi connectivity index (χ1) is 7.81. The molecule has 2 heterocycles. The number of nitrogens with zero attached hydrogens (tertiary/aromatic N) is 1. The van der Waals surface area contributed by atoms with Gasteiger partial charge in [-0.15, -0.1) is 22.7 Å². The SMILES string of the molecule is Clc1csc(NCc2cc3c(s2)CCC3)n1. The Morgan fingerprint density at radius 2 is 2.38 bits per heavy atom. The van der Waals surface area contributed by atoms with Crippen molar-refractivity contribution in [3.05, 3.63) is 31.9 Å². The van der Waals surface area contributed by atoms with E-state index in [-0.39, 0.29) is 0 Å². The first kappa shape index (κ1) is 10.6. The van der Waals surface area contributed by atoms with Gasteiger partial charge in [0.1, 0.15) is 5.15 Å². The summed E-state index contributed by atoms with van der Waals surface area (Å²) in [6, 6.07) is 2.33. The van der Waals surface area contributed by atoms with Crippen LogP contribution in [0.4, 0.5) is 5.13 Å². The molecule has 2 aromatic rings. The van der Waals surface area contributed by atoms with Gasteiger partial charge in [0.2, 0.25) is 0 Å². The Morgan fingerprint density at radius 3 is 3.12 bits per heavy atom. The Bertz CT molecular complexity index is 482. The van der Waals surface area contributed by atoms with Gasteiger partial charge < -0.3 is 5.32 Å². The number of aromatic nitrogens is 1. The van der Waals surface area contributed by atoms with Crippen LogP contribution in [0.5, 0.6) is 0 Å². The lowest BCUT2D eigenvalue weighted by Gasteiger charge is -1.99. The highest BCUT2D eigenvalue weighted by atomic mass is 35.5. The number of fused-ring (bicyclic) bond motifs is 1. The summed E-state index contributed by atoms with van der Waals surface area (Å²) < 4.78 is 0. The molecule has 0 spiro atoms. The molecule has 84 valence electrons. The molecule has 1 aliphatic carbocycles. The van der Waals surface area contributed by atoms with E-state index in [4.69, 9.17) is 11.6 Å². The largest absolute Gasteiger partial charge is 0.357 e. The summed E-state index contributed by atoms with van der Waals surface area (Å²) in [5.41, 5.74) is 1.55. The van der Waals surface area contributed by atoms with Crippen LogP contribution in [0.25, 0.3) is 0 Å². The molecule has 3 rings (SSSR count). The molecule has 5 heteroatoms. The number of halogens is 1. The van der Waals surface area contributed by atoms with Crippen molar-refractivity contribution in [2.75, 3.05) is 5.32 Å². The smallest absolute Gasteiger partial charge is 0.184 e. The minimum atomic E-state index is 0.571. The number of hydrogen-bond donors (Lipinski definition) is 1. The molecule has 0 unspecified atom stereocenters. The second-order valence-corrected chi connectivity index (χ2v) is 6.31. The van der Waals surface area contributed by atoms with Gasteiger partial charge >= 0.3 is 0 Å². The molecule has 0 bridgehead atoms. The molecule has 0 fully saturated rings. The van der Waals surface area contributed by atoms with Crippen molar-refractivity contribution in [2.45, 2.75) is 25.8 Å². The second-order valence-electron chi connectivity index (χ2n) is 3.84. The van der Waals surface area contributed by atoms with Crippen LogP contribution in [0.1, 0.15) is 21.7 Å². The van der Waals surface area contributed by atoms with Crippen molar-refractivity contribution >= 4 is 39.4 Å². The molecule has 0 amide bonds. The van der Waals surface area contributed by atoms with Gasteiger partial charge in [-0.1, -0.05) is 11.6 Å². The molecule has 0 atom stereocenters. The molecule has 0 saturated heterocycles. The fraction of sp³-hybridized carbons (Fsp3) is 0.364.